The Morgan fingerprint density at radius 2 is 1.96 bits per heavy atom. The molecule has 122 valence electrons. The monoisotopic (exact) mass is 332 g/mol. The van der Waals surface area contributed by atoms with Gasteiger partial charge in [-0.2, -0.15) is 5.10 Å². The molecule has 1 saturated carbocycles. The quantitative estimate of drug-likeness (QED) is 0.917. The van der Waals surface area contributed by atoms with E-state index in [1.54, 1.807) is 12.2 Å². The van der Waals surface area contributed by atoms with Crippen LogP contribution in [0.2, 0.25) is 0 Å². The zero-order valence-corrected chi connectivity index (χ0v) is 13.8. The summed E-state index contributed by atoms with van der Waals surface area (Å²) >= 11 is 0. The van der Waals surface area contributed by atoms with Crippen LogP contribution in [-0.4, -0.2) is 25.1 Å². The molecule has 0 bridgehead atoms. The minimum atomic E-state index is -1.31. The lowest BCUT2D eigenvalue weighted by Crippen LogP contribution is -2.19. The van der Waals surface area contributed by atoms with Gasteiger partial charge in [-0.15, -0.1) is 0 Å². The second kappa shape index (κ2) is 6.28. The Morgan fingerprint density at radius 3 is 2.52 bits per heavy atom. The van der Waals surface area contributed by atoms with Crippen molar-refractivity contribution in [2.45, 2.75) is 43.9 Å². The third kappa shape index (κ3) is 2.61. The molecule has 2 heterocycles. The Hall–Kier alpha value is -1.95. The highest BCUT2D eigenvalue weighted by Crippen LogP contribution is 2.39. The molecule has 1 aromatic heterocycles. The van der Waals surface area contributed by atoms with Gasteiger partial charge in [0.1, 0.15) is 0 Å². The maximum atomic E-state index is 12.4. The fraction of sp³-hybridized carbons (Fsp3) is 0.412. The summed E-state index contributed by atoms with van der Waals surface area (Å²) in [6.45, 7) is 7.57. The van der Waals surface area contributed by atoms with Gasteiger partial charge in [0, 0.05) is 16.0 Å². The van der Waals surface area contributed by atoms with E-state index in [1.807, 2.05) is 4.68 Å². The fourth-order valence-corrected chi connectivity index (χ4v) is 4.80. The van der Waals surface area contributed by atoms with Crippen molar-refractivity contribution in [3.05, 3.63) is 47.2 Å². The minimum Gasteiger partial charge on any atom is -0.476 e. The van der Waals surface area contributed by atoms with Gasteiger partial charge < -0.3 is 5.11 Å². The van der Waals surface area contributed by atoms with Crippen LogP contribution in [0.3, 0.4) is 0 Å². The predicted octanol–water partition coefficient (Wildman–Crippen LogP) is 3.43. The summed E-state index contributed by atoms with van der Waals surface area (Å²) in [4.78, 5) is 12.2. The zero-order chi connectivity index (χ0) is 16.6. The van der Waals surface area contributed by atoms with Gasteiger partial charge in [-0.05, 0) is 12.8 Å². The second-order valence-electron chi connectivity index (χ2n) is 5.89. The van der Waals surface area contributed by atoms with Gasteiger partial charge in [0.15, 0.2) is 5.69 Å². The highest BCUT2D eigenvalue weighted by atomic mass is 32.2. The number of nitrogens with zero attached hydrogens (tertiary/aromatic N) is 2. The SMILES string of the molecule is C=CC1=C(C=C)S(=O)Cc2c(C(=O)O)nn(C3CCCCC3)c21. The lowest BCUT2D eigenvalue weighted by molar-refractivity contribution is 0.0688. The molecule has 3 rings (SSSR count). The number of aromatic carboxylic acids is 1. The van der Waals surface area contributed by atoms with Gasteiger partial charge in [0.2, 0.25) is 0 Å². The first-order valence-corrected chi connectivity index (χ1v) is 9.13. The molecular formula is C17H20N2O3S. The first kappa shape index (κ1) is 15.9. The van der Waals surface area contributed by atoms with Gasteiger partial charge in [-0.25, -0.2) is 4.79 Å². The lowest BCUT2D eigenvalue weighted by atomic mass is 9.94. The van der Waals surface area contributed by atoms with Crippen molar-refractivity contribution in [1.29, 1.82) is 0 Å². The molecule has 0 saturated heterocycles. The van der Waals surface area contributed by atoms with Crippen LogP contribution in [0.15, 0.2) is 30.2 Å². The van der Waals surface area contributed by atoms with E-state index in [-0.39, 0.29) is 17.5 Å². The topological polar surface area (TPSA) is 72.2 Å². The number of carbonyl (C=O) groups is 1. The van der Waals surface area contributed by atoms with Crippen molar-refractivity contribution in [1.82, 2.24) is 9.78 Å². The molecule has 1 aromatic rings. The third-order valence-corrected chi connectivity index (χ3v) is 5.99. The van der Waals surface area contributed by atoms with Crippen LogP contribution in [0.5, 0.6) is 0 Å². The lowest BCUT2D eigenvalue weighted by Gasteiger charge is -2.26. The number of allylic oxidation sites excluding steroid dienone is 3. The number of hydrogen-bond acceptors (Lipinski definition) is 3. The molecule has 1 aliphatic heterocycles. The van der Waals surface area contributed by atoms with Crippen molar-refractivity contribution < 1.29 is 14.1 Å². The summed E-state index contributed by atoms with van der Waals surface area (Å²) in [5.74, 6) is -0.902. The van der Waals surface area contributed by atoms with E-state index in [0.29, 0.717) is 16.0 Å². The van der Waals surface area contributed by atoms with Gasteiger partial charge >= 0.3 is 5.97 Å². The summed E-state index contributed by atoms with van der Waals surface area (Å²) in [6.07, 6.45) is 8.64. The van der Waals surface area contributed by atoms with Crippen molar-refractivity contribution in [2.75, 3.05) is 0 Å². The molecule has 1 N–H and O–H groups in total. The molecule has 0 amide bonds. The molecule has 1 unspecified atom stereocenters. The number of hydrogen-bond donors (Lipinski definition) is 1. The summed E-state index contributed by atoms with van der Waals surface area (Å²) in [5.41, 5.74) is 2.03. The van der Waals surface area contributed by atoms with E-state index in [0.717, 1.165) is 31.4 Å². The number of carboxylic acid groups (broad SMARTS) is 1. The molecule has 6 heteroatoms. The molecule has 0 radical (unpaired) electrons. The smallest absolute Gasteiger partial charge is 0.356 e. The van der Waals surface area contributed by atoms with E-state index in [9.17, 15) is 14.1 Å². The van der Waals surface area contributed by atoms with Crippen LogP contribution in [0.25, 0.3) is 5.57 Å². The van der Waals surface area contributed by atoms with E-state index >= 15 is 0 Å². The maximum Gasteiger partial charge on any atom is 0.356 e. The molecule has 5 nitrogen and oxygen atoms in total. The highest BCUT2D eigenvalue weighted by Gasteiger charge is 2.33. The van der Waals surface area contributed by atoms with E-state index in [2.05, 4.69) is 18.3 Å². The molecule has 0 spiro atoms. The first-order chi connectivity index (χ1) is 11.1. The Balaban J connectivity index is 2.25. The Morgan fingerprint density at radius 1 is 1.26 bits per heavy atom. The number of aromatic nitrogens is 2. The molecule has 1 aliphatic carbocycles. The van der Waals surface area contributed by atoms with Crippen LogP contribution in [0, 0.1) is 0 Å². The van der Waals surface area contributed by atoms with Gasteiger partial charge in [-0.1, -0.05) is 44.6 Å². The van der Waals surface area contributed by atoms with Crippen LogP contribution in [0.1, 0.15) is 59.9 Å². The highest BCUT2D eigenvalue weighted by molar-refractivity contribution is 7.88. The summed E-state index contributed by atoms with van der Waals surface area (Å²) < 4.78 is 14.3. The molecule has 23 heavy (non-hydrogen) atoms. The van der Waals surface area contributed by atoms with E-state index < -0.39 is 16.8 Å². The third-order valence-electron chi connectivity index (χ3n) is 4.56. The van der Waals surface area contributed by atoms with Crippen LogP contribution in [-0.2, 0) is 16.6 Å². The summed E-state index contributed by atoms with van der Waals surface area (Å²) in [7, 11) is -1.31. The van der Waals surface area contributed by atoms with Gasteiger partial charge in [0.25, 0.3) is 0 Å². The Labute approximate surface area is 137 Å². The van der Waals surface area contributed by atoms with Crippen molar-refractivity contribution >= 4 is 22.3 Å². The normalized spacial score (nSPS) is 21.8. The van der Waals surface area contributed by atoms with Gasteiger partial charge in [0.05, 0.1) is 28.3 Å². The molecule has 1 fully saturated rings. The molecule has 2 aliphatic rings. The summed E-state index contributed by atoms with van der Waals surface area (Å²) in [5, 5.41) is 13.9. The Kier molecular flexibility index (Phi) is 4.35. The van der Waals surface area contributed by atoms with Crippen LogP contribution < -0.4 is 0 Å². The number of rotatable bonds is 4. The average Bonchev–Trinajstić information content (AvgIpc) is 2.93. The van der Waals surface area contributed by atoms with Crippen molar-refractivity contribution in [3.8, 4) is 0 Å². The minimum absolute atomic E-state index is 0.0152. The summed E-state index contributed by atoms with van der Waals surface area (Å²) in [6, 6.07) is 0.193. The largest absolute Gasteiger partial charge is 0.476 e. The predicted molar refractivity (Wildman–Crippen MR) is 90.5 cm³/mol. The first-order valence-electron chi connectivity index (χ1n) is 7.81. The second-order valence-corrected chi connectivity index (χ2v) is 7.31. The zero-order valence-electron chi connectivity index (χ0n) is 13.0. The maximum absolute atomic E-state index is 12.4. The van der Waals surface area contributed by atoms with E-state index in [4.69, 9.17) is 0 Å². The Bertz CT molecular complexity index is 739. The fourth-order valence-electron chi connectivity index (χ4n) is 3.50. The van der Waals surface area contributed by atoms with Crippen LogP contribution >= 0.6 is 0 Å². The van der Waals surface area contributed by atoms with E-state index in [1.165, 1.54) is 6.42 Å². The standard InChI is InChI=1S/C17H20N2O3S/c1-3-12-14(4-2)23(22)10-13-15(17(20)21)18-19(16(12)13)11-8-6-5-7-9-11/h3-4,11H,1-2,5-10H2,(H,20,21). The molecule has 1 atom stereocenters. The molecule has 0 aromatic carbocycles. The van der Waals surface area contributed by atoms with Crippen molar-refractivity contribution in [2.24, 2.45) is 0 Å². The molecular weight excluding hydrogens is 312 g/mol. The van der Waals surface area contributed by atoms with Gasteiger partial charge in [-0.3, -0.25) is 8.89 Å². The van der Waals surface area contributed by atoms with Crippen LogP contribution in [0.4, 0.5) is 0 Å². The number of fused-ring (bicyclic) bond motifs is 1. The average molecular weight is 332 g/mol. The van der Waals surface area contributed by atoms with Crippen molar-refractivity contribution in [3.63, 3.8) is 0 Å². The number of carboxylic acids is 1.